The largest absolute Gasteiger partial charge is 0.375 e. The first-order chi connectivity index (χ1) is 13.5. The van der Waals surface area contributed by atoms with Crippen molar-refractivity contribution in [1.82, 2.24) is 0 Å². The molecule has 0 aromatic heterocycles. The van der Waals surface area contributed by atoms with E-state index < -0.39 is 0 Å². The molecule has 4 bridgehead atoms. The molecule has 0 N–H and O–H groups in total. The van der Waals surface area contributed by atoms with E-state index in [-0.39, 0.29) is 30.9 Å². The first kappa shape index (κ1) is 22.5. The van der Waals surface area contributed by atoms with Gasteiger partial charge in [0, 0.05) is 31.0 Å². The van der Waals surface area contributed by atoms with Crippen molar-refractivity contribution in [1.29, 1.82) is 0 Å². The number of rotatable bonds is 2. The average Bonchev–Trinajstić information content (AvgIpc) is 2.69. The van der Waals surface area contributed by atoms with Gasteiger partial charge in [0.25, 0.3) is 0 Å². The highest BCUT2D eigenvalue weighted by Gasteiger charge is 2.45. The fourth-order valence-corrected chi connectivity index (χ4v) is 5.09. The fourth-order valence-electron chi connectivity index (χ4n) is 5.09. The Morgan fingerprint density at radius 1 is 0.643 bits per heavy atom. The summed E-state index contributed by atoms with van der Waals surface area (Å²) in [5.74, 6) is 1.95. The second kappa shape index (κ2) is 10.2. The molecule has 6 aliphatic heterocycles. The van der Waals surface area contributed by atoms with E-state index in [1.165, 1.54) is 0 Å². The van der Waals surface area contributed by atoms with Gasteiger partial charge in [0.15, 0.2) is 12.6 Å². The Hall–Kier alpha value is -0.200. The van der Waals surface area contributed by atoms with Gasteiger partial charge in [0.2, 0.25) is 0 Å². The van der Waals surface area contributed by atoms with Gasteiger partial charge in [-0.15, -0.1) is 0 Å². The van der Waals surface area contributed by atoms with Crippen molar-refractivity contribution in [3.63, 3.8) is 0 Å². The van der Waals surface area contributed by atoms with Crippen molar-refractivity contribution >= 4 is 0 Å². The summed E-state index contributed by atoms with van der Waals surface area (Å²) in [6.07, 6.45) is 4.09. The quantitative estimate of drug-likeness (QED) is 0.679. The molecule has 6 fully saturated rings. The van der Waals surface area contributed by atoms with Crippen molar-refractivity contribution < 1.29 is 23.7 Å². The number of hydrogen-bond donors (Lipinski definition) is 0. The summed E-state index contributed by atoms with van der Waals surface area (Å²) in [7, 11) is 0. The molecule has 5 heteroatoms. The zero-order chi connectivity index (χ0) is 20.3. The molecule has 6 heterocycles. The summed E-state index contributed by atoms with van der Waals surface area (Å²) in [6, 6.07) is 0. The van der Waals surface area contributed by atoms with Gasteiger partial charge in [-0.1, -0.05) is 41.5 Å². The van der Waals surface area contributed by atoms with E-state index in [1.807, 2.05) is 0 Å². The monoisotopic (exact) mass is 398 g/mol. The van der Waals surface area contributed by atoms with Crippen molar-refractivity contribution in [3.8, 4) is 0 Å². The van der Waals surface area contributed by atoms with Crippen LogP contribution in [-0.2, 0) is 23.7 Å². The maximum Gasteiger partial charge on any atom is 0.160 e. The molecule has 6 aliphatic rings. The van der Waals surface area contributed by atoms with Crippen LogP contribution in [0.2, 0.25) is 0 Å². The molecule has 28 heavy (non-hydrogen) atoms. The Kier molecular flexibility index (Phi) is 8.20. The third-order valence-electron chi connectivity index (χ3n) is 7.56. The van der Waals surface area contributed by atoms with Crippen molar-refractivity contribution in [2.24, 2.45) is 29.6 Å². The minimum Gasteiger partial charge on any atom is -0.375 e. The van der Waals surface area contributed by atoms with Gasteiger partial charge in [0.05, 0.1) is 24.9 Å². The summed E-state index contributed by atoms with van der Waals surface area (Å²) in [6.45, 7) is 15.7. The molecule has 0 aliphatic carbocycles. The molecular weight excluding hydrogens is 356 g/mol. The lowest BCUT2D eigenvalue weighted by molar-refractivity contribution is -0.294. The lowest BCUT2D eigenvalue weighted by atomic mass is 9.77. The first-order valence-corrected chi connectivity index (χ1v) is 11.6. The van der Waals surface area contributed by atoms with E-state index in [9.17, 15) is 0 Å². The molecule has 0 unspecified atom stereocenters. The summed E-state index contributed by atoms with van der Waals surface area (Å²) >= 11 is 0. The van der Waals surface area contributed by atoms with Crippen molar-refractivity contribution in [3.05, 3.63) is 0 Å². The lowest BCUT2D eigenvalue weighted by Crippen LogP contribution is -2.53. The maximum absolute atomic E-state index is 6.43. The van der Waals surface area contributed by atoms with E-state index in [0.717, 1.165) is 38.9 Å². The molecule has 6 saturated heterocycles. The Labute approximate surface area is 171 Å². The predicted molar refractivity (Wildman–Crippen MR) is 109 cm³/mol. The zero-order valence-corrected chi connectivity index (χ0v) is 18.8. The smallest absolute Gasteiger partial charge is 0.160 e. The van der Waals surface area contributed by atoms with Crippen LogP contribution in [0.25, 0.3) is 0 Å². The summed E-state index contributed by atoms with van der Waals surface area (Å²) in [5.41, 5.74) is 0. The van der Waals surface area contributed by atoms with Gasteiger partial charge >= 0.3 is 0 Å². The summed E-state index contributed by atoms with van der Waals surface area (Å²) in [5, 5.41) is 0. The molecule has 164 valence electrons. The molecule has 10 atom stereocenters. The SMILES string of the molecule is CC[C@H]1O[C@@H]2OCCCCO[C@H]3[C@H](C)[C@@H](C)[C@@H](OC[C@H]1[C@H](C)[C@H]2C)O[C@@H]3CC. The molecule has 0 aromatic rings. The molecule has 0 aromatic carbocycles. The van der Waals surface area contributed by atoms with Crippen LogP contribution in [0.3, 0.4) is 0 Å². The zero-order valence-electron chi connectivity index (χ0n) is 18.8. The highest BCUT2D eigenvalue weighted by atomic mass is 16.7. The van der Waals surface area contributed by atoms with Gasteiger partial charge < -0.3 is 23.7 Å². The topological polar surface area (TPSA) is 46.2 Å². The highest BCUT2D eigenvalue weighted by molar-refractivity contribution is 4.88. The van der Waals surface area contributed by atoms with Gasteiger partial charge in [-0.3, -0.25) is 0 Å². The Balaban J connectivity index is 1.78. The minimum absolute atomic E-state index is 0.102. The lowest BCUT2D eigenvalue weighted by Gasteiger charge is -2.47. The van der Waals surface area contributed by atoms with Crippen LogP contribution in [0.5, 0.6) is 0 Å². The summed E-state index contributed by atoms with van der Waals surface area (Å²) < 4.78 is 31.6. The Morgan fingerprint density at radius 3 is 1.89 bits per heavy atom. The number of ether oxygens (including phenoxy) is 5. The van der Waals surface area contributed by atoms with Crippen molar-refractivity contribution in [2.75, 3.05) is 19.8 Å². The first-order valence-electron chi connectivity index (χ1n) is 11.6. The second-order valence-corrected chi connectivity index (χ2v) is 9.25. The van der Waals surface area contributed by atoms with Crippen LogP contribution in [0.1, 0.15) is 67.2 Å². The molecule has 0 saturated carbocycles. The minimum atomic E-state index is -0.165. The van der Waals surface area contributed by atoms with E-state index >= 15 is 0 Å². The maximum atomic E-state index is 6.43. The van der Waals surface area contributed by atoms with Crippen LogP contribution < -0.4 is 0 Å². The van der Waals surface area contributed by atoms with Crippen LogP contribution in [0.15, 0.2) is 0 Å². The molecule has 0 spiro atoms. The highest BCUT2D eigenvalue weighted by Crippen LogP contribution is 2.39. The normalized spacial score (nSPS) is 48.6. The fraction of sp³-hybridized carbons (Fsp3) is 1.00. The molecular formula is C23H42O5. The molecule has 0 radical (unpaired) electrons. The van der Waals surface area contributed by atoms with Gasteiger partial charge in [0.1, 0.15) is 0 Å². The summed E-state index contributed by atoms with van der Waals surface area (Å²) in [4.78, 5) is 0. The van der Waals surface area contributed by atoms with E-state index in [1.54, 1.807) is 0 Å². The van der Waals surface area contributed by atoms with Gasteiger partial charge in [-0.05, 0) is 37.5 Å². The predicted octanol–water partition coefficient (Wildman–Crippen LogP) is 4.63. The van der Waals surface area contributed by atoms with Gasteiger partial charge in [-0.25, -0.2) is 0 Å². The third kappa shape index (κ3) is 4.75. The van der Waals surface area contributed by atoms with Crippen LogP contribution in [0.4, 0.5) is 0 Å². The standard InChI is InChI=1S/C23H42O5/c1-7-19-18-13-26-23-17(6)15(4)21(20(8-2)28-23)24-11-9-10-12-25-22(27-19)16(5)14(18)3/h14-23H,7-13H2,1-6H3/t14-,15-,16-,17-,18+,19-,20-,21+,22+,23+/m1/s1. The van der Waals surface area contributed by atoms with Gasteiger partial charge in [-0.2, -0.15) is 0 Å². The third-order valence-corrected chi connectivity index (χ3v) is 7.56. The van der Waals surface area contributed by atoms with Crippen LogP contribution in [-0.4, -0.2) is 50.7 Å². The van der Waals surface area contributed by atoms with E-state index in [0.29, 0.717) is 36.2 Å². The van der Waals surface area contributed by atoms with E-state index in [2.05, 4.69) is 41.5 Å². The van der Waals surface area contributed by atoms with Crippen LogP contribution >= 0.6 is 0 Å². The van der Waals surface area contributed by atoms with E-state index in [4.69, 9.17) is 23.7 Å². The molecule has 0 amide bonds. The number of hydrogen-bond acceptors (Lipinski definition) is 5. The molecule has 5 nitrogen and oxygen atoms in total. The Morgan fingerprint density at radius 2 is 1.21 bits per heavy atom. The van der Waals surface area contributed by atoms with Crippen LogP contribution in [0, 0.1) is 29.6 Å². The second-order valence-electron chi connectivity index (χ2n) is 9.25. The Bertz CT molecular complexity index is 468. The average molecular weight is 399 g/mol. The van der Waals surface area contributed by atoms with Crippen molar-refractivity contribution in [2.45, 2.75) is 98.1 Å². The molecule has 6 rings (SSSR count).